The SMILES string of the molecule is COc1cccc(C2Nc3c(OCCOc4ccccc4)cccc3C3C=CCC32)c1. The normalized spacial score (nSPS) is 21.0. The number of hydrogen-bond donors (Lipinski definition) is 1. The third-order valence-electron chi connectivity index (χ3n) is 6.16. The van der Waals surface area contributed by atoms with E-state index in [-0.39, 0.29) is 6.04 Å². The van der Waals surface area contributed by atoms with Crippen molar-refractivity contribution in [3.63, 3.8) is 0 Å². The van der Waals surface area contributed by atoms with E-state index in [9.17, 15) is 0 Å². The molecule has 4 heteroatoms. The standard InChI is InChI=1S/C27H27NO3/c1-29-21-11-5-8-19(18-21)26-23-13-6-12-22(23)24-14-7-15-25(27(24)28-26)31-17-16-30-20-9-3-2-4-10-20/h2-12,14-15,18,22-23,26,28H,13,16-17H2,1H3. The van der Waals surface area contributed by atoms with E-state index in [1.165, 1.54) is 11.1 Å². The van der Waals surface area contributed by atoms with E-state index in [0.29, 0.717) is 25.0 Å². The predicted molar refractivity (Wildman–Crippen MR) is 123 cm³/mol. The maximum absolute atomic E-state index is 6.17. The maximum atomic E-state index is 6.17. The summed E-state index contributed by atoms with van der Waals surface area (Å²) >= 11 is 0. The number of fused-ring (bicyclic) bond motifs is 3. The summed E-state index contributed by atoms with van der Waals surface area (Å²) in [4.78, 5) is 0. The van der Waals surface area contributed by atoms with Gasteiger partial charge in [0.1, 0.15) is 30.5 Å². The Bertz CT molecular complexity index is 1060. The molecular weight excluding hydrogens is 386 g/mol. The van der Waals surface area contributed by atoms with E-state index >= 15 is 0 Å². The van der Waals surface area contributed by atoms with Crippen LogP contribution in [0.2, 0.25) is 0 Å². The van der Waals surface area contributed by atoms with Crippen molar-refractivity contribution in [1.82, 2.24) is 0 Å². The van der Waals surface area contributed by atoms with E-state index in [2.05, 4.69) is 47.8 Å². The molecule has 0 bridgehead atoms. The molecule has 3 aromatic carbocycles. The van der Waals surface area contributed by atoms with Crippen molar-refractivity contribution in [2.45, 2.75) is 18.4 Å². The zero-order chi connectivity index (χ0) is 21.0. The van der Waals surface area contributed by atoms with E-state index in [1.807, 2.05) is 42.5 Å². The minimum Gasteiger partial charge on any atom is -0.497 e. The minimum atomic E-state index is 0.202. The van der Waals surface area contributed by atoms with Crippen LogP contribution >= 0.6 is 0 Å². The summed E-state index contributed by atoms with van der Waals surface area (Å²) in [5.41, 5.74) is 3.63. The molecule has 0 fully saturated rings. The fourth-order valence-corrected chi connectivity index (χ4v) is 4.71. The highest BCUT2D eigenvalue weighted by molar-refractivity contribution is 5.67. The molecule has 0 saturated heterocycles. The molecule has 0 spiro atoms. The van der Waals surface area contributed by atoms with Crippen molar-refractivity contribution in [2.24, 2.45) is 5.92 Å². The zero-order valence-corrected chi connectivity index (χ0v) is 17.7. The minimum absolute atomic E-state index is 0.202. The molecule has 4 nitrogen and oxygen atoms in total. The van der Waals surface area contributed by atoms with Gasteiger partial charge in [0.25, 0.3) is 0 Å². The van der Waals surface area contributed by atoms with Gasteiger partial charge in [-0.2, -0.15) is 0 Å². The Morgan fingerprint density at radius 1 is 0.871 bits per heavy atom. The van der Waals surface area contributed by atoms with Gasteiger partial charge in [0.15, 0.2) is 0 Å². The lowest BCUT2D eigenvalue weighted by Gasteiger charge is -2.38. The van der Waals surface area contributed by atoms with Gasteiger partial charge in [-0.1, -0.05) is 54.6 Å². The van der Waals surface area contributed by atoms with Gasteiger partial charge in [0.05, 0.1) is 18.8 Å². The second kappa shape index (κ2) is 8.76. The van der Waals surface area contributed by atoms with Crippen LogP contribution in [0.25, 0.3) is 0 Å². The largest absolute Gasteiger partial charge is 0.497 e. The summed E-state index contributed by atoms with van der Waals surface area (Å²) in [6, 6.07) is 24.7. The topological polar surface area (TPSA) is 39.7 Å². The Balaban J connectivity index is 1.36. The number of allylic oxidation sites excluding steroid dienone is 2. The Morgan fingerprint density at radius 2 is 1.68 bits per heavy atom. The Labute approximate surface area is 183 Å². The third-order valence-corrected chi connectivity index (χ3v) is 6.16. The zero-order valence-electron chi connectivity index (χ0n) is 17.7. The van der Waals surface area contributed by atoms with Crippen LogP contribution < -0.4 is 19.5 Å². The first kappa shape index (κ1) is 19.6. The Kier molecular flexibility index (Phi) is 5.53. The molecule has 3 aromatic rings. The lowest BCUT2D eigenvalue weighted by atomic mass is 9.77. The highest BCUT2D eigenvalue weighted by Gasteiger charge is 2.39. The average molecular weight is 414 g/mol. The summed E-state index contributed by atoms with van der Waals surface area (Å²) in [6.45, 7) is 0.986. The number of ether oxygens (including phenoxy) is 3. The van der Waals surface area contributed by atoms with E-state index in [0.717, 1.165) is 29.4 Å². The van der Waals surface area contributed by atoms with Gasteiger partial charge in [-0.05, 0) is 53.8 Å². The fourth-order valence-electron chi connectivity index (χ4n) is 4.71. The van der Waals surface area contributed by atoms with Crippen molar-refractivity contribution in [3.8, 4) is 17.2 Å². The number of anilines is 1. The highest BCUT2D eigenvalue weighted by atomic mass is 16.5. The summed E-state index contributed by atoms with van der Waals surface area (Å²) in [5, 5.41) is 3.80. The molecule has 2 aliphatic rings. The fraction of sp³-hybridized carbons (Fsp3) is 0.259. The van der Waals surface area contributed by atoms with Crippen LogP contribution in [0, 0.1) is 5.92 Å². The van der Waals surface area contributed by atoms with E-state index in [1.54, 1.807) is 7.11 Å². The number of para-hydroxylation sites is 2. The summed E-state index contributed by atoms with van der Waals surface area (Å²) < 4.78 is 17.4. The predicted octanol–water partition coefficient (Wildman–Crippen LogP) is 5.98. The van der Waals surface area contributed by atoms with Gasteiger partial charge in [0.2, 0.25) is 0 Å². The smallest absolute Gasteiger partial charge is 0.142 e. The molecule has 1 aliphatic heterocycles. The summed E-state index contributed by atoms with van der Waals surface area (Å²) in [7, 11) is 1.71. The molecule has 31 heavy (non-hydrogen) atoms. The van der Waals surface area contributed by atoms with Crippen LogP contribution in [0.3, 0.4) is 0 Å². The summed E-state index contributed by atoms with van der Waals surface area (Å²) in [6.07, 6.45) is 5.72. The van der Waals surface area contributed by atoms with Gasteiger partial charge < -0.3 is 19.5 Å². The molecule has 1 aliphatic carbocycles. The molecule has 5 rings (SSSR count). The van der Waals surface area contributed by atoms with E-state index in [4.69, 9.17) is 14.2 Å². The van der Waals surface area contributed by atoms with Crippen LogP contribution in [0.1, 0.15) is 29.5 Å². The number of rotatable bonds is 7. The van der Waals surface area contributed by atoms with Gasteiger partial charge in [-0.15, -0.1) is 0 Å². The van der Waals surface area contributed by atoms with Gasteiger partial charge in [0, 0.05) is 5.92 Å². The molecule has 0 radical (unpaired) electrons. The van der Waals surface area contributed by atoms with Crippen LogP contribution in [0.15, 0.2) is 84.9 Å². The van der Waals surface area contributed by atoms with Crippen molar-refractivity contribution in [3.05, 3.63) is 96.1 Å². The second-order valence-electron chi connectivity index (χ2n) is 7.98. The molecule has 3 unspecified atom stereocenters. The Morgan fingerprint density at radius 3 is 2.55 bits per heavy atom. The molecule has 158 valence electrons. The lowest BCUT2D eigenvalue weighted by Crippen LogP contribution is -2.29. The van der Waals surface area contributed by atoms with Crippen LogP contribution in [-0.4, -0.2) is 20.3 Å². The number of hydrogen-bond acceptors (Lipinski definition) is 4. The quantitative estimate of drug-likeness (QED) is 0.382. The van der Waals surface area contributed by atoms with Gasteiger partial charge in [-0.3, -0.25) is 0 Å². The number of benzene rings is 3. The van der Waals surface area contributed by atoms with Gasteiger partial charge in [-0.25, -0.2) is 0 Å². The average Bonchev–Trinajstić information content (AvgIpc) is 3.32. The maximum Gasteiger partial charge on any atom is 0.142 e. The molecular formula is C27H27NO3. The molecule has 0 saturated carbocycles. The van der Waals surface area contributed by atoms with Gasteiger partial charge >= 0.3 is 0 Å². The highest BCUT2D eigenvalue weighted by Crippen LogP contribution is 2.52. The monoisotopic (exact) mass is 413 g/mol. The van der Waals surface area contributed by atoms with Crippen LogP contribution in [0.5, 0.6) is 17.2 Å². The molecule has 3 atom stereocenters. The molecule has 1 heterocycles. The van der Waals surface area contributed by atoms with Crippen molar-refractivity contribution in [2.75, 3.05) is 25.6 Å². The summed E-state index contributed by atoms with van der Waals surface area (Å²) in [5.74, 6) is 3.49. The van der Waals surface area contributed by atoms with Crippen molar-refractivity contribution >= 4 is 5.69 Å². The first-order valence-corrected chi connectivity index (χ1v) is 10.8. The first-order chi connectivity index (χ1) is 15.3. The third kappa shape index (κ3) is 3.98. The number of nitrogens with one attached hydrogen (secondary N) is 1. The lowest BCUT2D eigenvalue weighted by molar-refractivity contribution is 0.217. The van der Waals surface area contributed by atoms with Crippen LogP contribution in [0.4, 0.5) is 5.69 Å². The molecule has 1 N–H and O–H groups in total. The van der Waals surface area contributed by atoms with E-state index < -0.39 is 0 Å². The first-order valence-electron chi connectivity index (χ1n) is 10.8. The van der Waals surface area contributed by atoms with Crippen molar-refractivity contribution in [1.29, 1.82) is 0 Å². The molecule has 0 aromatic heterocycles. The number of methoxy groups -OCH3 is 1. The van der Waals surface area contributed by atoms with Crippen molar-refractivity contribution < 1.29 is 14.2 Å². The van der Waals surface area contributed by atoms with Crippen LogP contribution in [-0.2, 0) is 0 Å². The Hall–Kier alpha value is -3.40. The second-order valence-corrected chi connectivity index (χ2v) is 7.98. The molecule has 0 amide bonds.